The van der Waals surface area contributed by atoms with Crippen molar-refractivity contribution >= 4 is 11.8 Å². The summed E-state index contributed by atoms with van der Waals surface area (Å²) in [6.07, 6.45) is 7.00. The number of nitrogens with one attached hydrogen (secondary N) is 1. The van der Waals surface area contributed by atoms with Gasteiger partial charge in [-0.15, -0.1) is 0 Å². The summed E-state index contributed by atoms with van der Waals surface area (Å²) in [6.45, 7) is 4.56. The minimum absolute atomic E-state index is 0.184. The Morgan fingerprint density at radius 3 is 2.33 bits per heavy atom. The minimum atomic E-state index is -0.345. The maximum Gasteiger partial charge on any atom is 0.251 e. The van der Waals surface area contributed by atoms with Crippen molar-refractivity contribution in [1.82, 2.24) is 15.1 Å². The Bertz CT molecular complexity index is 621. The van der Waals surface area contributed by atoms with Gasteiger partial charge in [-0.1, -0.05) is 19.3 Å². The summed E-state index contributed by atoms with van der Waals surface area (Å²) < 4.78 is 12.9. The number of halogens is 1. The molecule has 3 rings (SSSR count). The Kier molecular flexibility index (Phi) is 7.21. The lowest BCUT2D eigenvalue weighted by Gasteiger charge is -2.35. The predicted molar refractivity (Wildman–Crippen MR) is 103 cm³/mol. The van der Waals surface area contributed by atoms with E-state index in [1.165, 1.54) is 56.4 Å². The average molecular weight is 375 g/mol. The topological polar surface area (TPSA) is 52.7 Å². The van der Waals surface area contributed by atoms with Crippen molar-refractivity contribution in [2.45, 2.75) is 38.5 Å². The largest absolute Gasteiger partial charge is 0.351 e. The van der Waals surface area contributed by atoms with Gasteiger partial charge in [0.05, 0.1) is 0 Å². The highest BCUT2D eigenvalue weighted by Crippen LogP contribution is 2.27. The zero-order valence-corrected chi connectivity index (χ0v) is 16.0. The third-order valence-electron chi connectivity index (χ3n) is 5.73. The number of amides is 2. The Labute approximate surface area is 160 Å². The van der Waals surface area contributed by atoms with E-state index in [-0.39, 0.29) is 11.7 Å². The molecule has 1 aromatic carbocycles. The first-order chi connectivity index (χ1) is 13.1. The predicted octanol–water partition coefficient (Wildman–Crippen LogP) is 2.67. The zero-order chi connectivity index (χ0) is 19.1. The molecule has 1 saturated heterocycles. The second-order valence-electron chi connectivity index (χ2n) is 7.69. The number of carbonyl (C=O) groups excluding carboxylic acids is 2. The van der Waals surface area contributed by atoms with E-state index in [0.29, 0.717) is 30.4 Å². The van der Waals surface area contributed by atoms with Crippen LogP contribution in [0.4, 0.5) is 4.39 Å². The molecule has 1 N–H and O–H groups in total. The first-order valence-corrected chi connectivity index (χ1v) is 10.2. The Balaban J connectivity index is 1.32. The van der Waals surface area contributed by atoms with E-state index in [9.17, 15) is 14.0 Å². The average Bonchev–Trinajstić information content (AvgIpc) is 2.69. The third-order valence-corrected chi connectivity index (χ3v) is 5.73. The summed E-state index contributed by atoms with van der Waals surface area (Å²) in [5, 5.41) is 2.87. The molecule has 2 aliphatic rings. The zero-order valence-electron chi connectivity index (χ0n) is 16.0. The van der Waals surface area contributed by atoms with Gasteiger partial charge >= 0.3 is 0 Å². The van der Waals surface area contributed by atoms with Crippen molar-refractivity contribution in [2.24, 2.45) is 5.92 Å². The normalized spacial score (nSPS) is 19.1. The standard InChI is InChI=1S/C21H30FN3O2/c22-19-8-6-18(7-9-19)21(27)23-10-11-24-12-14-25(15-13-24)20(26)16-17-4-2-1-3-5-17/h6-9,17H,1-5,10-16H2,(H,23,27). The lowest BCUT2D eigenvalue weighted by molar-refractivity contribution is -0.134. The lowest BCUT2D eigenvalue weighted by atomic mass is 9.86. The molecule has 0 radical (unpaired) electrons. The van der Waals surface area contributed by atoms with Crippen LogP contribution in [0.1, 0.15) is 48.9 Å². The molecule has 148 valence electrons. The highest BCUT2D eigenvalue weighted by molar-refractivity contribution is 5.94. The van der Waals surface area contributed by atoms with Crippen LogP contribution in [-0.4, -0.2) is 60.9 Å². The van der Waals surface area contributed by atoms with Gasteiger partial charge in [0.15, 0.2) is 0 Å². The van der Waals surface area contributed by atoms with Crippen LogP contribution in [-0.2, 0) is 4.79 Å². The third kappa shape index (κ3) is 6.03. The van der Waals surface area contributed by atoms with E-state index >= 15 is 0 Å². The lowest BCUT2D eigenvalue weighted by Crippen LogP contribution is -2.50. The second kappa shape index (κ2) is 9.83. The van der Waals surface area contributed by atoms with Crippen LogP contribution in [0.5, 0.6) is 0 Å². The van der Waals surface area contributed by atoms with Crippen molar-refractivity contribution < 1.29 is 14.0 Å². The van der Waals surface area contributed by atoms with Gasteiger partial charge in [0.2, 0.25) is 5.91 Å². The number of hydrogen-bond acceptors (Lipinski definition) is 3. The van der Waals surface area contributed by atoms with Crippen LogP contribution in [0.2, 0.25) is 0 Å². The number of carbonyl (C=O) groups is 2. The molecule has 0 atom stereocenters. The van der Waals surface area contributed by atoms with Crippen LogP contribution in [0.25, 0.3) is 0 Å². The number of hydrogen-bond donors (Lipinski definition) is 1. The molecule has 1 aliphatic heterocycles. The highest BCUT2D eigenvalue weighted by Gasteiger charge is 2.24. The van der Waals surface area contributed by atoms with Crippen molar-refractivity contribution in [3.63, 3.8) is 0 Å². The molecule has 27 heavy (non-hydrogen) atoms. The summed E-state index contributed by atoms with van der Waals surface area (Å²) >= 11 is 0. The van der Waals surface area contributed by atoms with Gasteiger partial charge in [0.1, 0.15) is 5.82 Å². The first kappa shape index (κ1) is 19.8. The van der Waals surface area contributed by atoms with Crippen molar-refractivity contribution in [3.05, 3.63) is 35.6 Å². The summed E-state index contributed by atoms with van der Waals surface area (Å²) in [7, 11) is 0. The molecule has 0 unspecified atom stereocenters. The summed E-state index contributed by atoms with van der Waals surface area (Å²) in [6, 6.07) is 5.56. The molecule has 0 aromatic heterocycles. The summed E-state index contributed by atoms with van der Waals surface area (Å²) in [4.78, 5) is 28.8. The minimum Gasteiger partial charge on any atom is -0.351 e. The van der Waals surface area contributed by atoms with E-state index in [1.807, 2.05) is 4.90 Å². The molecular formula is C21H30FN3O2. The molecule has 1 aromatic rings. The Morgan fingerprint density at radius 1 is 1.00 bits per heavy atom. The van der Waals surface area contributed by atoms with E-state index in [4.69, 9.17) is 0 Å². The smallest absolute Gasteiger partial charge is 0.251 e. The molecule has 1 aliphatic carbocycles. The van der Waals surface area contributed by atoms with Gasteiger partial charge in [-0.3, -0.25) is 14.5 Å². The number of nitrogens with zero attached hydrogens (tertiary/aromatic N) is 2. The van der Waals surface area contributed by atoms with Crippen LogP contribution in [0, 0.1) is 11.7 Å². The number of rotatable bonds is 6. The fourth-order valence-electron chi connectivity index (χ4n) is 4.02. The van der Waals surface area contributed by atoms with E-state index in [0.717, 1.165) is 32.7 Å². The van der Waals surface area contributed by atoms with Gasteiger partial charge < -0.3 is 10.2 Å². The summed E-state index contributed by atoms with van der Waals surface area (Å²) in [5.41, 5.74) is 0.467. The molecule has 2 fully saturated rings. The van der Waals surface area contributed by atoms with Crippen LogP contribution >= 0.6 is 0 Å². The number of benzene rings is 1. The molecule has 0 bridgehead atoms. The maximum atomic E-state index is 12.9. The van der Waals surface area contributed by atoms with E-state index < -0.39 is 0 Å². The molecule has 6 heteroatoms. The van der Waals surface area contributed by atoms with Gasteiger partial charge in [-0.2, -0.15) is 0 Å². The first-order valence-electron chi connectivity index (χ1n) is 10.2. The van der Waals surface area contributed by atoms with Gasteiger partial charge in [-0.05, 0) is 43.0 Å². The van der Waals surface area contributed by atoms with E-state index in [1.54, 1.807) is 0 Å². The SMILES string of the molecule is O=C(NCCN1CCN(C(=O)CC2CCCCC2)CC1)c1ccc(F)cc1. The van der Waals surface area contributed by atoms with Gasteiger partial charge in [0, 0.05) is 51.3 Å². The molecule has 0 spiro atoms. The van der Waals surface area contributed by atoms with E-state index in [2.05, 4.69) is 10.2 Å². The van der Waals surface area contributed by atoms with Crippen molar-refractivity contribution in [3.8, 4) is 0 Å². The van der Waals surface area contributed by atoms with Gasteiger partial charge in [0.25, 0.3) is 5.91 Å². The maximum absolute atomic E-state index is 12.9. The van der Waals surface area contributed by atoms with Gasteiger partial charge in [-0.25, -0.2) is 4.39 Å². The van der Waals surface area contributed by atoms with Crippen LogP contribution in [0.3, 0.4) is 0 Å². The van der Waals surface area contributed by atoms with Crippen molar-refractivity contribution in [1.29, 1.82) is 0 Å². The van der Waals surface area contributed by atoms with Crippen molar-refractivity contribution in [2.75, 3.05) is 39.3 Å². The quantitative estimate of drug-likeness (QED) is 0.832. The Hall–Kier alpha value is -1.95. The fourth-order valence-corrected chi connectivity index (χ4v) is 4.02. The Morgan fingerprint density at radius 2 is 1.67 bits per heavy atom. The van der Waals surface area contributed by atoms with Crippen LogP contribution in [0.15, 0.2) is 24.3 Å². The molecule has 5 nitrogen and oxygen atoms in total. The fraction of sp³-hybridized carbons (Fsp3) is 0.619. The molecular weight excluding hydrogens is 345 g/mol. The molecule has 1 heterocycles. The highest BCUT2D eigenvalue weighted by atomic mass is 19.1. The van der Waals surface area contributed by atoms with Crippen LogP contribution < -0.4 is 5.32 Å². The molecule has 1 saturated carbocycles. The number of piperazine rings is 1. The molecule has 2 amide bonds. The monoisotopic (exact) mass is 375 g/mol. The second-order valence-corrected chi connectivity index (χ2v) is 7.69. The summed E-state index contributed by atoms with van der Waals surface area (Å²) in [5.74, 6) is 0.371.